The van der Waals surface area contributed by atoms with Crippen LogP contribution < -0.4 is 20.1 Å². The van der Waals surface area contributed by atoms with E-state index in [1.54, 1.807) is 12.3 Å². The van der Waals surface area contributed by atoms with Crippen LogP contribution in [0.3, 0.4) is 0 Å². The first kappa shape index (κ1) is 26.6. The van der Waals surface area contributed by atoms with Crippen molar-refractivity contribution in [1.29, 1.82) is 0 Å². The largest absolute Gasteiger partial charge is 0.491 e. The van der Waals surface area contributed by atoms with Gasteiger partial charge in [0.1, 0.15) is 18.2 Å². The van der Waals surface area contributed by atoms with Gasteiger partial charge in [-0.1, -0.05) is 25.4 Å². The van der Waals surface area contributed by atoms with Crippen molar-refractivity contribution in [3.8, 4) is 16.9 Å². The van der Waals surface area contributed by atoms with Gasteiger partial charge >= 0.3 is 0 Å². The number of sulfonamides is 1. The van der Waals surface area contributed by atoms with Crippen LogP contribution in [-0.4, -0.2) is 48.7 Å². The summed E-state index contributed by atoms with van der Waals surface area (Å²) in [4.78, 5) is 27.0. The molecule has 1 aliphatic heterocycles. The Morgan fingerprint density at radius 2 is 1.92 bits per heavy atom. The molecule has 0 saturated heterocycles. The van der Waals surface area contributed by atoms with Crippen LogP contribution in [0.2, 0.25) is 5.15 Å². The number of halogens is 1. The van der Waals surface area contributed by atoms with Crippen LogP contribution in [0.4, 0.5) is 11.5 Å². The smallest absolute Gasteiger partial charge is 0.286 e. The Morgan fingerprint density at radius 3 is 2.57 bits per heavy atom. The van der Waals surface area contributed by atoms with Gasteiger partial charge in [-0.15, -0.1) is 0 Å². The van der Waals surface area contributed by atoms with Crippen molar-refractivity contribution in [2.75, 3.05) is 29.0 Å². The summed E-state index contributed by atoms with van der Waals surface area (Å²) >= 11 is 6.12. The Balaban J connectivity index is 1.79. The van der Waals surface area contributed by atoms with E-state index in [9.17, 15) is 13.2 Å². The quantitative estimate of drug-likeness (QED) is 0.446. The standard InChI is InChI=1S/C25H29ClN6O4S/c1-13(2)20-15(4)29-24(23(27)33)30-25(20)32-6-7-36-21-14(3)8-16(9-18(21)12-32)17-10-19(22(26)28-11-17)31-37(5,34)35/h8-11,13,31H,6-7,12H2,1-5H3,(H2,27,33). The topological polar surface area (TPSA) is 140 Å². The fourth-order valence-electron chi connectivity index (χ4n) is 4.53. The summed E-state index contributed by atoms with van der Waals surface area (Å²) in [5, 5.41) is 0.0563. The van der Waals surface area contributed by atoms with Crippen molar-refractivity contribution in [1.82, 2.24) is 15.0 Å². The highest BCUT2D eigenvalue weighted by atomic mass is 35.5. The molecule has 1 aliphatic rings. The summed E-state index contributed by atoms with van der Waals surface area (Å²) in [5.74, 6) is 0.844. The molecule has 0 saturated carbocycles. The molecule has 2 aromatic heterocycles. The second kappa shape index (κ2) is 10.1. The Labute approximate surface area is 221 Å². The van der Waals surface area contributed by atoms with Gasteiger partial charge in [0.05, 0.1) is 18.5 Å². The van der Waals surface area contributed by atoms with Gasteiger partial charge in [0, 0.05) is 35.1 Å². The van der Waals surface area contributed by atoms with Crippen LogP contribution in [0.5, 0.6) is 5.75 Å². The number of amides is 1. The first-order valence-corrected chi connectivity index (χ1v) is 13.9. The van der Waals surface area contributed by atoms with Crippen molar-refractivity contribution in [3.63, 3.8) is 0 Å². The molecular weight excluding hydrogens is 516 g/mol. The van der Waals surface area contributed by atoms with Crippen molar-refractivity contribution in [2.24, 2.45) is 5.73 Å². The number of nitrogens with one attached hydrogen (secondary N) is 1. The lowest BCUT2D eigenvalue weighted by molar-refractivity contribution is 0.0990. The highest BCUT2D eigenvalue weighted by Gasteiger charge is 2.25. The second-order valence-corrected chi connectivity index (χ2v) is 11.5. The number of aromatic nitrogens is 3. The maximum Gasteiger partial charge on any atom is 0.286 e. The minimum Gasteiger partial charge on any atom is -0.491 e. The van der Waals surface area contributed by atoms with E-state index in [1.165, 1.54) is 0 Å². The predicted molar refractivity (Wildman–Crippen MR) is 144 cm³/mol. The Hall–Kier alpha value is -3.44. The maximum atomic E-state index is 11.9. The lowest BCUT2D eigenvalue weighted by atomic mass is 9.99. The van der Waals surface area contributed by atoms with Crippen molar-refractivity contribution in [3.05, 3.63) is 57.8 Å². The SMILES string of the molecule is Cc1cc(-c2cnc(Cl)c(NS(C)(=O)=O)c2)cc2c1OCCN(c1nc(C(N)=O)nc(C)c1C(C)C)C2. The van der Waals surface area contributed by atoms with Gasteiger partial charge < -0.3 is 15.4 Å². The van der Waals surface area contributed by atoms with Gasteiger partial charge in [0.2, 0.25) is 15.8 Å². The molecule has 196 valence electrons. The van der Waals surface area contributed by atoms with Gasteiger partial charge in [0.25, 0.3) is 5.91 Å². The number of primary amides is 1. The molecule has 0 aliphatic carbocycles. The number of aryl methyl sites for hydroxylation is 2. The summed E-state index contributed by atoms with van der Waals surface area (Å²) in [5.41, 5.74) is 10.7. The van der Waals surface area contributed by atoms with Crippen LogP contribution >= 0.6 is 11.6 Å². The predicted octanol–water partition coefficient (Wildman–Crippen LogP) is 3.80. The molecule has 10 nitrogen and oxygen atoms in total. The van der Waals surface area contributed by atoms with E-state index < -0.39 is 15.9 Å². The van der Waals surface area contributed by atoms with E-state index in [0.717, 1.165) is 34.3 Å². The fourth-order valence-corrected chi connectivity index (χ4v) is 5.29. The number of anilines is 2. The second-order valence-electron chi connectivity index (χ2n) is 9.38. The molecule has 3 N–H and O–H groups in total. The van der Waals surface area contributed by atoms with Crippen molar-refractivity contribution >= 4 is 39.0 Å². The summed E-state index contributed by atoms with van der Waals surface area (Å²) in [6.45, 7) is 9.35. The molecule has 0 atom stereocenters. The van der Waals surface area contributed by atoms with E-state index in [1.807, 2.05) is 26.0 Å². The van der Waals surface area contributed by atoms with Crippen LogP contribution in [0.25, 0.3) is 11.1 Å². The molecule has 0 radical (unpaired) electrons. The minimum absolute atomic E-state index is 0.0228. The summed E-state index contributed by atoms with van der Waals surface area (Å²) in [6.07, 6.45) is 2.65. The van der Waals surface area contributed by atoms with Gasteiger partial charge in [-0.05, 0) is 49.1 Å². The molecule has 0 bridgehead atoms. The van der Waals surface area contributed by atoms with E-state index in [0.29, 0.717) is 36.8 Å². The van der Waals surface area contributed by atoms with Gasteiger partial charge in [-0.3, -0.25) is 9.52 Å². The lowest BCUT2D eigenvalue weighted by Crippen LogP contribution is -2.29. The van der Waals surface area contributed by atoms with E-state index in [2.05, 4.69) is 38.4 Å². The van der Waals surface area contributed by atoms with E-state index >= 15 is 0 Å². The summed E-state index contributed by atoms with van der Waals surface area (Å²) in [7, 11) is -3.53. The van der Waals surface area contributed by atoms with Crippen LogP contribution in [-0.2, 0) is 16.6 Å². The maximum absolute atomic E-state index is 11.9. The third-order valence-electron chi connectivity index (χ3n) is 6.00. The molecule has 0 unspecified atom stereocenters. The highest BCUT2D eigenvalue weighted by Crippen LogP contribution is 2.37. The number of pyridine rings is 1. The lowest BCUT2D eigenvalue weighted by Gasteiger charge is -2.26. The number of carbonyl (C=O) groups excluding carboxylic acids is 1. The molecule has 1 aromatic carbocycles. The fraction of sp³-hybridized carbons (Fsp3) is 0.360. The molecule has 3 aromatic rings. The normalized spacial score (nSPS) is 13.6. The number of ether oxygens (including phenoxy) is 1. The molecular formula is C25H29ClN6O4S. The molecule has 3 heterocycles. The Morgan fingerprint density at radius 1 is 1.19 bits per heavy atom. The van der Waals surface area contributed by atoms with Gasteiger partial charge in [0.15, 0.2) is 5.15 Å². The number of nitrogens with two attached hydrogens (primary N) is 1. The number of hydrogen-bond acceptors (Lipinski definition) is 8. The number of carbonyl (C=O) groups is 1. The molecule has 0 spiro atoms. The average Bonchev–Trinajstić information content (AvgIpc) is 3.01. The number of hydrogen-bond donors (Lipinski definition) is 2. The van der Waals surface area contributed by atoms with E-state index in [4.69, 9.17) is 22.1 Å². The zero-order chi connectivity index (χ0) is 27.1. The van der Waals surface area contributed by atoms with Crippen LogP contribution in [0.15, 0.2) is 24.4 Å². The van der Waals surface area contributed by atoms with Crippen LogP contribution in [0.1, 0.15) is 52.8 Å². The number of nitrogens with zero attached hydrogens (tertiary/aromatic N) is 4. The average molecular weight is 545 g/mol. The third-order valence-corrected chi connectivity index (χ3v) is 6.89. The molecule has 0 fully saturated rings. The zero-order valence-corrected chi connectivity index (χ0v) is 22.9. The molecule has 37 heavy (non-hydrogen) atoms. The number of fused-ring (bicyclic) bond motifs is 1. The number of rotatable bonds is 6. The highest BCUT2D eigenvalue weighted by molar-refractivity contribution is 7.92. The van der Waals surface area contributed by atoms with Crippen molar-refractivity contribution in [2.45, 2.75) is 40.2 Å². The Bertz CT molecular complexity index is 1490. The number of benzene rings is 1. The summed E-state index contributed by atoms with van der Waals surface area (Å²) < 4.78 is 32.1. The minimum atomic E-state index is -3.53. The van der Waals surface area contributed by atoms with Crippen LogP contribution in [0, 0.1) is 13.8 Å². The Kier molecular flexibility index (Phi) is 7.29. The van der Waals surface area contributed by atoms with Gasteiger partial charge in [-0.2, -0.15) is 0 Å². The van der Waals surface area contributed by atoms with Gasteiger partial charge in [-0.25, -0.2) is 23.4 Å². The summed E-state index contributed by atoms with van der Waals surface area (Å²) in [6, 6.07) is 5.59. The molecule has 12 heteroatoms. The molecule has 4 rings (SSSR count). The zero-order valence-electron chi connectivity index (χ0n) is 21.3. The van der Waals surface area contributed by atoms with Crippen molar-refractivity contribution < 1.29 is 17.9 Å². The van der Waals surface area contributed by atoms with E-state index in [-0.39, 0.29) is 22.6 Å². The third kappa shape index (κ3) is 5.78. The monoisotopic (exact) mass is 544 g/mol. The molecule has 1 amide bonds. The first-order valence-electron chi connectivity index (χ1n) is 11.7. The first-order chi connectivity index (χ1) is 17.3.